The van der Waals surface area contributed by atoms with Gasteiger partial charge in [-0.05, 0) is 50.0 Å². The normalized spacial score (nSPS) is 22.8. The Labute approximate surface area is 142 Å². The second-order valence-electron chi connectivity index (χ2n) is 6.59. The molecule has 1 aromatic rings. The number of rotatable bonds is 5. The largest absolute Gasteiger partial charge is 0.375 e. The summed E-state index contributed by atoms with van der Waals surface area (Å²) in [5, 5.41) is 2.95. The number of methoxy groups -OCH3 is 1. The molecule has 0 radical (unpaired) electrons. The molecule has 132 valence electrons. The first kappa shape index (κ1) is 17.2. The summed E-state index contributed by atoms with van der Waals surface area (Å²) < 4.78 is 18.4. The fourth-order valence-corrected chi connectivity index (χ4v) is 3.64. The predicted molar refractivity (Wildman–Crippen MR) is 90.3 cm³/mol. The first-order valence-corrected chi connectivity index (χ1v) is 8.72. The minimum Gasteiger partial charge on any atom is -0.375 e. The summed E-state index contributed by atoms with van der Waals surface area (Å²) in [6.45, 7) is 4.32. The number of nitrogens with zero attached hydrogens (tertiary/aromatic N) is 2. The van der Waals surface area contributed by atoms with Crippen molar-refractivity contribution < 1.29 is 13.9 Å². The van der Waals surface area contributed by atoms with Crippen LogP contribution in [0.2, 0.25) is 0 Å². The highest BCUT2D eigenvalue weighted by molar-refractivity contribution is 5.74. The zero-order chi connectivity index (χ0) is 16.9. The van der Waals surface area contributed by atoms with Gasteiger partial charge < -0.3 is 15.0 Å². The maximum absolute atomic E-state index is 13.0. The van der Waals surface area contributed by atoms with E-state index in [4.69, 9.17) is 4.74 Å². The van der Waals surface area contributed by atoms with E-state index in [1.165, 1.54) is 25.0 Å². The van der Waals surface area contributed by atoms with Crippen LogP contribution in [-0.4, -0.2) is 61.7 Å². The average molecular weight is 335 g/mol. The van der Waals surface area contributed by atoms with Gasteiger partial charge in [-0.1, -0.05) is 12.1 Å². The monoisotopic (exact) mass is 335 g/mol. The molecule has 0 aliphatic carbocycles. The molecule has 0 bridgehead atoms. The molecule has 3 rings (SSSR count). The highest BCUT2D eigenvalue weighted by atomic mass is 19.1. The van der Waals surface area contributed by atoms with Crippen molar-refractivity contribution in [3.8, 4) is 0 Å². The second kappa shape index (κ2) is 7.94. The molecular formula is C18H26FN3O2. The Bertz CT molecular complexity index is 546. The molecule has 2 saturated heterocycles. The summed E-state index contributed by atoms with van der Waals surface area (Å²) >= 11 is 0. The summed E-state index contributed by atoms with van der Waals surface area (Å²) in [5.74, 6) is -0.275. The molecule has 2 heterocycles. The van der Waals surface area contributed by atoms with Crippen LogP contribution in [0.25, 0.3) is 0 Å². The van der Waals surface area contributed by atoms with Crippen LogP contribution in [0.15, 0.2) is 24.3 Å². The van der Waals surface area contributed by atoms with Gasteiger partial charge >= 0.3 is 6.03 Å². The first-order chi connectivity index (χ1) is 11.7. The molecule has 2 atom stereocenters. The van der Waals surface area contributed by atoms with E-state index in [1.54, 1.807) is 19.2 Å². The van der Waals surface area contributed by atoms with E-state index >= 15 is 0 Å². The van der Waals surface area contributed by atoms with Gasteiger partial charge in [0.2, 0.25) is 0 Å². The lowest BCUT2D eigenvalue weighted by Crippen LogP contribution is -2.42. The second-order valence-corrected chi connectivity index (χ2v) is 6.59. The van der Waals surface area contributed by atoms with E-state index < -0.39 is 0 Å². The van der Waals surface area contributed by atoms with Gasteiger partial charge in [-0.25, -0.2) is 9.18 Å². The Morgan fingerprint density at radius 3 is 2.67 bits per heavy atom. The fraction of sp³-hybridized carbons (Fsp3) is 0.611. The van der Waals surface area contributed by atoms with Crippen LogP contribution in [0, 0.1) is 5.82 Å². The van der Waals surface area contributed by atoms with Gasteiger partial charge in [-0.15, -0.1) is 0 Å². The van der Waals surface area contributed by atoms with Crippen molar-refractivity contribution in [2.75, 3.05) is 39.8 Å². The maximum atomic E-state index is 13.0. The van der Waals surface area contributed by atoms with Crippen molar-refractivity contribution in [3.05, 3.63) is 35.6 Å². The smallest absolute Gasteiger partial charge is 0.317 e. The first-order valence-electron chi connectivity index (χ1n) is 8.72. The van der Waals surface area contributed by atoms with Crippen molar-refractivity contribution >= 4 is 6.03 Å². The van der Waals surface area contributed by atoms with Crippen molar-refractivity contribution in [1.29, 1.82) is 0 Å². The summed E-state index contributed by atoms with van der Waals surface area (Å²) in [6.07, 6.45) is 3.33. The molecular weight excluding hydrogens is 309 g/mol. The van der Waals surface area contributed by atoms with Crippen LogP contribution in [0.5, 0.6) is 0 Å². The summed E-state index contributed by atoms with van der Waals surface area (Å²) in [7, 11) is 1.60. The lowest BCUT2D eigenvalue weighted by Gasteiger charge is -2.24. The standard InChI is InChI=1S/C18H26FN3O2/c1-24-17(14-4-6-15(19)7-5-14)12-20-18(23)22-11-8-16(13-22)21-9-2-3-10-21/h4-7,16-17H,2-3,8-13H2,1H3,(H,20,23)/t16-,17+/m1/s1. The third-order valence-electron chi connectivity index (χ3n) is 5.07. The Kier molecular flexibility index (Phi) is 5.68. The van der Waals surface area contributed by atoms with Gasteiger partial charge in [0.05, 0.1) is 6.10 Å². The number of benzene rings is 1. The molecule has 2 aliphatic rings. The van der Waals surface area contributed by atoms with Crippen molar-refractivity contribution in [1.82, 2.24) is 15.1 Å². The summed E-state index contributed by atoms with van der Waals surface area (Å²) in [4.78, 5) is 16.8. The Morgan fingerprint density at radius 1 is 1.29 bits per heavy atom. The molecule has 0 aromatic heterocycles. The van der Waals surface area contributed by atoms with Crippen molar-refractivity contribution in [2.45, 2.75) is 31.4 Å². The van der Waals surface area contributed by atoms with Gasteiger partial charge in [0.25, 0.3) is 0 Å². The van der Waals surface area contributed by atoms with Gasteiger partial charge in [-0.3, -0.25) is 4.90 Å². The third kappa shape index (κ3) is 4.05. The molecule has 0 unspecified atom stereocenters. The van der Waals surface area contributed by atoms with Crippen molar-refractivity contribution in [2.24, 2.45) is 0 Å². The van der Waals surface area contributed by atoms with Crippen LogP contribution < -0.4 is 5.32 Å². The molecule has 1 N–H and O–H groups in total. The van der Waals surface area contributed by atoms with Crippen LogP contribution >= 0.6 is 0 Å². The fourth-order valence-electron chi connectivity index (χ4n) is 3.64. The number of hydrogen-bond acceptors (Lipinski definition) is 3. The molecule has 5 nitrogen and oxygen atoms in total. The predicted octanol–water partition coefficient (Wildman–Crippen LogP) is 2.39. The Morgan fingerprint density at radius 2 is 2.00 bits per heavy atom. The highest BCUT2D eigenvalue weighted by Gasteiger charge is 2.31. The number of carbonyl (C=O) groups is 1. The maximum Gasteiger partial charge on any atom is 0.317 e. The number of likely N-dealkylation sites (tertiary alicyclic amines) is 2. The lowest BCUT2D eigenvalue weighted by molar-refractivity contribution is 0.102. The van der Waals surface area contributed by atoms with Crippen LogP contribution in [0.1, 0.15) is 30.9 Å². The number of amides is 2. The molecule has 2 aliphatic heterocycles. The lowest BCUT2D eigenvalue weighted by atomic mass is 10.1. The molecule has 1 aromatic carbocycles. The zero-order valence-corrected chi connectivity index (χ0v) is 14.2. The Hall–Kier alpha value is -1.66. The number of halogens is 1. The van der Waals surface area contributed by atoms with E-state index in [0.717, 1.165) is 38.2 Å². The highest BCUT2D eigenvalue weighted by Crippen LogP contribution is 2.21. The number of urea groups is 1. The van der Waals surface area contributed by atoms with Gasteiger partial charge in [-0.2, -0.15) is 0 Å². The van der Waals surface area contributed by atoms with Gasteiger partial charge in [0.15, 0.2) is 0 Å². The van der Waals surface area contributed by atoms with Gasteiger partial charge in [0.1, 0.15) is 5.82 Å². The van der Waals surface area contributed by atoms with Gasteiger partial charge in [0, 0.05) is 32.8 Å². The molecule has 0 spiro atoms. The minimum absolute atomic E-state index is 0.0409. The van der Waals surface area contributed by atoms with E-state index in [9.17, 15) is 9.18 Å². The third-order valence-corrected chi connectivity index (χ3v) is 5.07. The molecule has 0 saturated carbocycles. The SMILES string of the molecule is CO[C@@H](CNC(=O)N1CC[C@@H](N2CCCC2)C1)c1ccc(F)cc1. The molecule has 2 amide bonds. The number of ether oxygens (including phenoxy) is 1. The quantitative estimate of drug-likeness (QED) is 0.899. The summed E-state index contributed by atoms with van der Waals surface area (Å²) in [6, 6.07) is 6.66. The van der Waals surface area contributed by atoms with Crippen LogP contribution in [0.4, 0.5) is 9.18 Å². The van der Waals surface area contributed by atoms with Crippen LogP contribution in [-0.2, 0) is 4.74 Å². The average Bonchev–Trinajstić information content (AvgIpc) is 3.28. The molecule has 6 heteroatoms. The zero-order valence-electron chi connectivity index (χ0n) is 14.2. The number of hydrogen-bond donors (Lipinski definition) is 1. The Balaban J connectivity index is 1.48. The minimum atomic E-state index is -0.275. The van der Waals surface area contributed by atoms with E-state index in [1.807, 2.05) is 4.90 Å². The molecule has 24 heavy (non-hydrogen) atoms. The summed E-state index contributed by atoms with van der Waals surface area (Å²) in [5.41, 5.74) is 0.857. The topological polar surface area (TPSA) is 44.8 Å². The van der Waals surface area contributed by atoms with E-state index in [-0.39, 0.29) is 18.0 Å². The number of carbonyl (C=O) groups excluding carboxylic acids is 1. The van der Waals surface area contributed by atoms with Crippen molar-refractivity contribution in [3.63, 3.8) is 0 Å². The van der Waals surface area contributed by atoms with E-state index in [0.29, 0.717) is 12.6 Å². The van der Waals surface area contributed by atoms with Crippen LogP contribution in [0.3, 0.4) is 0 Å². The van der Waals surface area contributed by atoms with E-state index in [2.05, 4.69) is 10.2 Å². The number of nitrogens with one attached hydrogen (secondary N) is 1. The molecule has 2 fully saturated rings.